The van der Waals surface area contributed by atoms with Crippen LogP contribution in [0, 0.1) is 5.82 Å². The zero-order valence-electron chi connectivity index (χ0n) is 15.2. The fraction of sp³-hybridized carbons (Fsp3) is 0.450. The summed E-state index contributed by atoms with van der Waals surface area (Å²) in [5.41, 5.74) is 1.76. The van der Waals surface area contributed by atoms with Gasteiger partial charge in [0.25, 0.3) is 5.91 Å². The Labute approximate surface area is 158 Å². The van der Waals surface area contributed by atoms with Crippen molar-refractivity contribution < 1.29 is 18.8 Å². The standard InChI is InChI=1S/C20H24FN3O3/c21-17-7-5-16(6-8-17)19(26)23-11-13-24(14-12-23)20(27)18(25)22-10-9-15-3-1-2-4-15/h3,5-8H,1-2,4,9-14H2,(H,22,25). The second-order valence-corrected chi connectivity index (χ2v) is 6.85. The Hall–Kier alpha value is -2.70. The highest BCUT2D eigenvalue weighted by Gasteiger charge is 2.28. The number of halogens is 1. The average Bonchev–Trinajstić information content (AvgIpc) is 3.21. The zero-order chi connectivity index (χ0) is 19.2. The molecular weight excluding hydrogens is 349 g/mol. The minimum atomic E-state index is -0.591. The van der Waals surface area contributed by atoms with Crippen molar-refractivity contribution in [3.8, 4) is 0 Å². The minimum Gasteiger partial charge on any atom is -0.348 e. The molecule has 1 aliphatic carbocycles. The average molecular weight is 373 g/mol. The highest BCUT2D eigenvalue weighted by atomic mass is 19.1. The lowest BCUT2D eigenvalue weighted by Crippen LogP contribution is -2.53. The lowest BCUT2D eigenvalue weighted by molar-refractivity contribution is -0.146. The van der Waals surface area contributed by atoms with Crippen LogP contribution in [0.2, 0.25) is 0 Å². The molecule has 1 N–H and O–H groups in total. The molecule has 6 nitrogen and oxygen atoms in total. The first-order valence-electron chi connectivity index (χ1n) is 9.34. The SMILES string of the molecule is O=C(NCCC1=CCCC1)C(=O)N1CCN(C(=O)c2ccc(F)cc2)CC1. The van der Waals surface area contributed by atoms with Gasteiger partial charge in [-0.05, 0) is 49.9 Å². The summed E-state index contributed by atoms with van der Waals surface area (Å²) in [5, 5.41) is 2.68. The minimum absolute atomic E-state index is 0.198. The predicted molar refractivity (Wildman–Crippen MR) is 98.4 cm³/mol. The third-order valence-corrected chi connectivity index (χ3v) is 5.01. The van der Waals surface area contributed by atoms with Crippen molar-refractivity contribution in [2.24, 2.45) is 0 Å². The van der Waals surface area contributed by atoms with E-state index < -0.39 is 17.6 Å². The zero-order valence-corrected chi connectivity index (χ0v) is 15.2. The van der Waals surface area contributed by atoms with Gasteiger partial charge in [0.1, 0.15) is 5.82 Å². The molecule has 1 heterocycles. The molecule has 2 aliphatic rings. The third-order valence-electron chi connectivity index (χ3n) is 5.01. The number of amides is 3. The quantitative estimate of drug-likeness (QED) is 0.645. The molecule has 3 amide bonds. The summed E-state index contributed by atoms with van der Waals surface area (Å²) in [4.78, 5) is 39.8. The second kappa shape index (κ2) is 8.79. The van der Waals surface area contributed by atoms with E-state index >= 15 is 0 Å². The summed E-state index contributed by atoms with van der Waals surface area (Å²) in [6.07, 6.45) is 6.34. The van der Waals surface area contributed by atoms with Gasteiger partial charge in [0, 0.05) is 38.3 Å². The molecule has 144 valence electrons. The highest BCUT2D eigenvalue weighted by Crippen LogP contribution is 2.19. The maximum absolute atomic E-state index is 13.0. The summed E-state index contributed by atoms with van der Waals surface area (Å²) in [5.74, 6) is -1.73. The van der Waals surface area contributed by atoms with Crippen LogP contribution in [0.3, 0.4) is 0 Å². The van der Waals surface area contributed by atoms with E-state index in [0.29, 0.717) is 38.3 Å². The fourth-order valence-electron chi connectivity index (χ4n) is 3.41. The Morgan fingerprint density at radius 3 is 2.30 bits per heavy atom. The maximum atomic E-state index is 13.0. The molecule has 0 radical (unpaired) electrons. The van der Waals surface area contributed by atoms with Crippen molar-refractivity contribution in [3.63, 3.8) is 0 Å². The van der Waals surface area contributed by atoms with Crippen molar-refractivity contribution in [3.05, 3.63) is 47.3 Å². The lowest BCUT2D eigenvalue weighted by atomic mass is 10.1. The summed E-state index contributed by atoms with van der Waals surface area (Å²) >= 11 is 0. The molecule has 0 aromatic heterocycles. The van der Waals surface area contributed by atoms with Crippen molar-refractivity contribution in [2.75, 3.05) is 32.7 Å². The first kappa shape index (κ1) is 19.1. The molecule has 1 fully saturated rings. The molecule has 1 aromatic rings. The molecule has 1 aliphatic heterocycles. The number of carbonyl (C=O) groups is 3. The number of hydrogen-bond donors (Lipinski definition) is 1. The van der Waals surface area contributed by atoms with Crippen LogP contribution in [0.1, 0.15) is 36.0 Å². The van der Waals surface area contributed by atoms with Crippen molar-refractivity contribution in [1.29, 1.82) is 0 Å². The summed E-state index contributed by atoms with van der Waals surface area (Å²) in [7, 11) is 0. The highest BCUT2D eigenvalue weighted by molar-refractivity contribution is 6.35. The van der Waals surface area contributed by atoms with Crippen LogP contribution in [0.5, 0.6) is 0 Å². The fourth-order valence-corrected chi connectivity index (χ4v) is 3.41. The summed E-state index contributed by atoms with van der Waals surface area (Å²) in [6, 6.07) is 5.39. The van der Waals surface area contributed by atoms with Gasteiger partial charge in [-0.2, -0.15) is 0 Å². The van der Waals surface area contributed by atoms with Crippen LogP contribution in [0.4, 0.5) is 4.39 Å². The van der Waals surface area contributed by atoms with Crippen molar-refractivity contribution in [2.45, 2.75) is 25.7 Å². The normalized spacial score (nSPS) is 16.9. The Balaban J connectivity index is 1.43. The second-order valence-electron chi connectivity index (χ2n) is 6.85. The van der Waals surface area contributed by atoms with E-state index in [1.165, 1.54) is 41.2 Å². The molecule has 0 spiro atoms. The molecule has 0 unspecified atom stereocenters. The lowest BCUT2D eigenvalue weighted by Gasteiger charge is -2.34. The Morgan fingerprint density at radius 2 is 1.67 bits per heavy atom. The molecule has 3 rings (SSSR count). The molecule has 0 atom stereocenters. The van der Waals surface area contributed by atoms with Crippen LogP contribution in [0.25, 0.3) is 0 Å². The van der Waals surface area contributed by atoms with Crippen LogP contribution >= 0.6 is 0 Å². The molecule has 1 aromatic carbocycles. The van der Waals surface area contributed by atoms with Crippen molar-refractivity contribution >= 4 is 17.7 Å². The monoisotopic (exact) mass is 373 g/mol. The largest absolute Gasteiger partial charge is 0.348 e. The van der Waals surface area contributed by atoms with E-state index in [2.05, 4.69) is 11.4 Å². The number of allylic oxidation sites excluding steroid dienone is 1. The molecular formula is C20H24FN3O3. The number of piperazine rings is 1. The van der Waals surface area contributed by atoms with Gasteiger partial charge in [0.05, 0.1) is 0 Å². The van der Waals surface area contributed by atoms with Gasteiger partial charge >= 0.3 is 11.8 Å². The van der Waals surface area contributed by atoms with Crippen LogP contribution in [0.15, 0.2) is 35.9 Å². The Bertz CT molecular complexity index is 737. The Morgan fingerprint density at radius 1 is 1.00 bits per heavy atom. The maximum Gasteiger partial charge on any atom is 0.312 e. The van der Waals surface area contributed by atoms with Gasteiger partial charge in [0.2, 0.25) is 0 Å². The van der Waals surface area contributed by atoms with Gasteiger partial charge in [0.15, 0.2) is 0 Å². The number of nitrogens with zero attached hydrogens (tertiary/aromatic N) is 2. The van der Waals surface area contributed by atoms with E-state index in [0.717, 1.165) is 19.3 Å². The third kappa shape index (κ3) is 4.93. The number of rotatable bonds is 4. The number of carbonyl (C=O) groups excluding carboxylic acids is 3. The molecule has 7 heteroatoms. The number of hydrogen-bond acceptors (Lipinski definition) is 3. The molecule has 1 saturated heterocycles. The number of benzene rings is 1. The van der Waals surface area contributed by atoms with E-state index in [-0.39, 0.29) is 5.91 Å². The van der Waals surface area contributed by atoms with Gasteiger partial charge in [-0.25, -0.2) is 4.39 Å². The van der Waals surface area contributed by atoms with Crippen LogP contribution in [-0.4, -0.2) is 60.2 Å². The van der Waals surface area contributed by atoms with E-state index in [1.54, 1.807) is 4.90 Å². The van der Waals surface area contributed by atoms with E-state index in [4.69, 9.17) is 0 Å². The first-order valence-corrected chi connectivity index (χ1v) is 9.34. The predicted octanol–water partition coefficient (Wildman–Crippen LogP) is 1.73. The van der Waals surface area contributed by atoms with Crippen LogP contribution in [-0.2, 0) is 9.59 Å². The smallest absolute Gasteiger partial charge is 0.312 e. The summed E-state index contributed by atoms with van der Waals surface area (Å²) < 4.78 is 13.0. The molecule has 0 bridgehead atoms. The topological polar surface area (TPSA) is 69.7 Å². The Kier molecular flexibility index (Phi) is 6.21. The van der Waals surface area contributed by atoms with E-state index in [1.807, 2.05) is 0 Å². The summed E-state index contributed by atoms with van der Waals surface area (Å²) in [6.45, 7) is 1.79. The van der Waals surface area contributed by atoms with Gasteiger partial charge in [-0.15, -0.1) is 0 Å². The van der Waals surface area contributed by atoms with Crippen molar-refractivity contribution in [1.82, 2.24) is 15.1 Å². The van der Waals surface area contributed by atoms with Gasteiger partial charge < -0.3 is 15.1 Å². The molecule has 27 heavy (non-hydrogen) atoms. The number of nitrogens with one attached hydrogen (secondary N) is 1. The van der Waals surface area contributed by atoms with Gasteiger partial charge in [-0.1, -0.05) is 11.6 Å². The molecule has 0 saturated carbocycles. The van der Waals surface area contributed by atoms with E-state index in [9.17, 15) is 18.8 Å². The van der Waals surface area contributed by atoms with Gasteiger partial charge in [-0.3, -0.25) is 14.4 Å². The van der Waals surface area contributed by atoms with Crippen LogP contribution < -0.4 is 5.32 Å². The first-order chi connectivity index (χ1) is 13.0.